The Kier molecular flexibility index (Phi) is 4.04. The zero-order valence-corrected chi connectivity index (χ0v) is 10.7. The molecule has 0 spiro atoms. The monoisotopic (exact) mass is 250 g/mol. The second kappa shape index (κ2) is 5.73. The quantitative estimate of drug-likeness (QED) is 0.835. The van der Waals surface area contributed by atoms with E-state index in [0.29, 0.717) is 11.7 Å². The van der Waals surface area contributed by atoms with Crippen molar-refractivity contribution in [3.05, 3.63) is 18.2 Å². The summed E-state index contributed by atoms with van der Waals surface area (Å²) in [5.41, 5.74) is 1.68. The highest BCUT2D eigenvalue weighted by molar-refractivity contribution is 5.95. The number of carbonyl (C=O) groups excluding carboxylic acids is 1. The van der Waals surface area contributed by atoms with E-state index in [4.69, 9.17) is 9.47 Å². The Bertz CT molecular complexity index is 434. The highest BCUT2D eigenvalue weighted by atomic mass is 16.5. The van der Waals surface area contributed by atoms with Crippen LogP contribution in [0.15, 0.2) is 18.2 Å². The van der Waals surface area contributed by atoms with E-state index >= 15 is 0 Å². The molecule has 0 radical (unpaired) electrons. The summed E-state index contributed by atoms with van der Waals surface area (Å²) in [6.07, 6.45) is 0. The summed E-state index contributed by atoms with van der Waals surface area (Å²) in [6.45, 7) is 3.74. The average Bonchev–Trinajstić information content (AvgIpc) is 2.36. The first-order valence-corrected chi connectivity index (χ1v) is 5.98. The lowest BCUT2D eigenvalue weighted by atomic mass is 10.2. The van der Waals surface area contributed by atoms with Crippen LogP contribution in [0.1, 0.15) is 6.92 Å². The molecular formula is C13H18N2O3. The number of fused-ring (bicyclic) bond motifs is 1. The van der Waals surface area contributed by atoms with Crippen molar-refractivity contribution in [3.8, 4) is 5.75 Å². The van der Waals surface area contributed by atoms with Crippen molar-refractivity contribution in [2.75, 3.05) is 37.5 Å². The molecule has 1 aliphatic heterocycles. The number of rotatable bonds is 5. The van der Waals surface area contributed by atoms with Crippen LogP contribution < -0.4 is 15.4 Å². The van der Waals surface area contributed by atoms with E-state index < -0.39 is 0 Å². The van der Waals surface area contributed by atoms with Crippen LogP contribution in [-0.2, 0) is 9.53 Å². The standard InChI is InChI=1S/C13H18N2O3/c1-9(7-17-2)6-14-10-3-4-12-11(5-10)15-13(16)8-18-12/h3-5,9,14H,6-8H2,1-2H3,(H,15,16). The molecule has 0 fully saturated rings. The SMILES string of the molecule is COCC(C)CNc1ccc2c(c1)NC(=O)CO2. The van der Waals surface area contributed by atoms with Gasteiger partial charge < -0.3 is 20.1 Å². The maximum atomic E-state index is 11.2. The Morgan fingerprint density at radius 2 is 2.39 bits per heavy atom. The van der Waals surface area contributed by atoms with Crippen LogP contribution in [0.5, 0.6) is 5.75 Å². The molecule has 1 aromatic rings. The zero-order valence-electron chi connectivity index (χ0n) is 10.7. The Balaban J connectivity index is 1.98. The van der Waals surface area contributed by atoms with Crippen LogP contribution in [-0.4, -0.2) is 32.8 Å². The molecule has 0 aromatic heterocycles. The summed E-state index contributed by atoms with van der Waals surface area (Å²) in [5.74, 6) is 1.02. The van der Waals surface area contributed by atoms with Crippen molar-refractivity contribution in [2.45, 2.75) is 6.92 Å². The van der Waals surface area contributed by atoms with E-state index in [1.165, 1.54) is 0 Å². The third-order valence-electron chi connectivity index (χ3n) is 2.72. The highest BCUT2D eigenvalue weighted by Crippen LogP contribution is 2.30. The lowest BCUT2D eigenvalue weighted by Crippen LogP contribution is -2.25. The van der Waals surface area contributed by atoms with Gasteiger partial charge in [-0.2, -0.15) is 0 Å². The smallest absolute Gasteiger partial charge is 0.262 e. The number of ether oxygens (including phenoxy) is 2. The van der Waals surface area contributed by atoms with Gasteiger partial charge in [-0.15, -0.1) is 0 Å². The molecule has 2 N–H and O–H groups in total. The van der Waals surface area contributed by atoms with E-state index in [1.54, 1.807) is 7.11 Å². The fourth-order valence-corrected chi connectivity index (χ4v) is 1.83. The molecule has 1 unspecified atom stereocenters. The molecule has 1 amide bonds. The van der Waals surface area contributed by atoms with Crippen molar-refractivity contribution in [1.82, 2.24) is 0 Å². The lowest BCUT2D eigenvalue weighted by molar-refractivity contribution is -0.118. The molecule has 18 heavy (non-hydrogen) atoms. The van der Waals surface area contributed by atoms with Gasteiger partial charge in [0, 0.05) is 19.3 Å². The molecule has 0 aliphatic carbocycles. The highest BCUT2D eigenvalue weighted by Gasteiger charge is 2.15. The van der Waals surface area contributed by atoms with E-state index in [2.05, 4.69) is 17.6 Å². The van der Waals surface area contributed by atoms with Gasteiger partial charge in [0.25, 0.3) is 5.91 Å². The molecular weight excluding hydrogens is 232 g/mol. The van der Waals surface area contributed by atoms with Gasteiger partial charge in [0.05, 0.1) is 12.3 Å². The second-order valence-electron chi connectivity index (χ2n) is 4.49. The molecule has 2 rings (SSSR count). The Morgan fingerprint density at radius 1 is 1.56 bits per heavy atom. The summed E-state index contributed by atoms with van der Waals surface area (Å²) in [5, 5.41) is 6.09. The molecule has 0 saturated heterocycles. The molecule has 1 aliphatic rings. The largest absolute Gasteiger partial charge is 0.482 e. The Labute approximate surface area is 106 Å². The molecule has 5 nitrogen and oxygen atoms in total. The van der Waals surface area contributed by atoms with Crippen LogP contribution in [0.4, 0.5) is 11.4 Å². The van der Waals surface area contributed by atoms with Crippen LogP contribution in [0.2, 0.25) is 0 Å². The summed E-state index contributed by atoms with van der Waals surface area (Å²) in [4.78, 5) is 11.2. The van der Waals surface area contributed by atoms with E-state index in [9.17, 15) is 4.79 Å². The predicted molar refractivity (Wildman–Crippen MR) is 70.1 cm³/mol. The van der Waals surface area contributed by atoms with Gasteiger partial charge in [-0.05, 0) is 24.1 Å². The van der Waals surface area contributed by atoms with Gasteiger partial charge >= 0.3 is 0 Å². The molecule has 1 aromatic carbocycles. The first-order valence-electron chi connectivity index (χ1n) is 5.98. The third kappa shape index (κ3) is 3.13. The normalized spacial score (nSPS) is 15.3. The molecule has 98 valence electrons. The number of methoxy groups -OCH3 is 1. The summed E-state index contributed by atoms with van der Waals surface area (Å²) >= 11 is 0. The minimum Gasteiger partial charge on any atom is -0.482 e. The van der Waals surface area contributed by atoms with Crippen LogP contribution in [0.25, 0.3) is 0 Å². The number of amides is 1. The molecule has 5 heteroatoms. The van der Waals surface area contributed by atoms with Crippen molar-refractivity contribution >= 4 is 17.3 Å². The number of carbonyl (C=O) groups is 1. The van der Waals surface area contributed by atoms with Gasteiger partial charge in [0.15, 0.2) is 6.61 Å². The zero-order chi connectivity index (χ0) is 13.0. The molecule has 0 saturated carbocycles. The van der Waals surface area contributed by atoms with Crippen molar-refractivity contribution in [1.29, 1.82) is 0 Å². The van der Waals surface area contributed by atoms with Crippen LogP contribution in [0.3, 0.4) is 0 Å². The van der Waals surface area contributed by atoms with Crippen molar-refractivity contribution in [2.24, 2.45) is 5.92 Å². The van der Waals surface area contributed by atoms with Crippen LogP contribution in [0, 0.1) is 5.92 Å². The van der Waals surface area contributed by atoms with Gasteiger partial charge in [0.2, 0.25) is 0 Å². The summed E-state index contributed by atoms with van der Waals surface area (Å²) in [6, 6.07) is 5.68. The van der Waals surface area contributed by atoms with Gasteiger partial charge in [-0.25, -0.2) is 0 Å². The van der Waals surface area contributed by atoms with Crippen molar-refractivity contribution < 1.29 is 14.3 Å². The molecule has 0 bridgehead atoms. The van der Waals surface area contributed by atoms with Gasteiger partial charge in [0.1, 0.15) is 5.75 Å². The second-order valence-corrected chi connectivity index (χ2v) is 4.49. The first-order chi connectivity index (χ1) is 8.69. The lowest BCUT2D eigenvalue weighted by Gasteiger charge is -2.19. The number of hydrogen-bond acceptors (Lipinski definition) is 4. The van der Waals surface area contributed by atoms with Gasteiger partial charge in [-0.1, -0.05) is 6.92 Å². The van der Waals surface area contributed by atoms with Crippen LogP contribution >= 0.6 is 0 Å². The molecule has 1 heterocycles. The number of anilines is 2. The maximum absolute atomic E-state index is 11.2. The summed E-state index contributed by atoms with van der Waals surface area (Å²) in [7, 11) is 1.70. The third-order valence-corrected chi connectivity index (χ3v) is 2.72. The fraction of sp³-hybridized carbons (Fsp3) is 0.462. The number of hydrogen-bond donors (Lipinski definition) is 2. The summed E-state index contributed by atoms with van der Waals surface area (Å²) < 4.78 is 10.4. The first kappa shape index (κ1) is 12.7. The Hall–Kier alpha value is -1.75. The van der Waals surface area contributed by atoms with E-state index in [0.717, 1.165) is 24.5 Å². The van der Waals surface area contributed by atoms with Gasteiger partial charge in [-0.3, -0.25) is 4.79 Å². The maximum Gasteiger partial charge on any atom is 0.262 e. The predicted octanol–water partition coefficient (Wildman–Crippen LogP) is 1.71. The topological polar surface area (TPSA) is 59.6 Å². The molecule has 1 atom stereocenters. The fourth-order valence-electron chi connectivity index (χ4n) is 1.83. The number of nitrogens with one attached hydrogen (secondary N) is 2. The minimum absolute atomic E-state index is 0.0879. The Morgan fingerprint density at radius 3 is 3.17 bits per heavy atom. The van der Waals surface area contributed by atoms with E-state index in [-0.39, 0.29) is 12.5 Å². The van der Waals surface area contributed by atoms with E-state index in [1.807, 2.05) is 18.2 Å². The minimum atomic E-state index is -0.118. The van der Waals surface area contributed by atoms with Crippen molar-refractivity contribution in [3.63, 3.8) is 0 Å². The number of benzene rings is 1. The average molecular weight is 250 g/mol.